The minimum atomic E-state index is -1.25. The molecule has 0 radical (unpaired) electrons. The molecule has 3 N–H and O–H groups in total. The largest absolute Gasteiger partial charge is 0.475 e. The fraction of sp³-hybridized carbons (Fsp3) is 0. The molecule has 0 amide bonds. The van der Waals surface area contributed by atoms with Gasteiger partial charge >= 0.3 is 5.97 Å². The Bertz CT molecular complexity index is 229. The Morgan fingerprint density at radius 3 is 2.67 bits per heavy atom. The average molecular weight is 129 g/mol. The van der Waals surface area contributed by atoms with Crippen LogP contribution in [-0.4, -0.2) is 31.4 Å². The van der Waals surface area contributed by atoms with Crippen LogP contribution in [0.3, 0.4) is 0 Å². The van der Waals surface area contributed by atoms with Crippen LogP contribution in [0.4, 0.5) is 0 Å². The molecule has 1 aromatic rings. The number of carbonyl (C=O) groups is 1. The van der Waals surface area contributed by atoms with Crippen molar-refractivity contribution in [1.29, 1.82) is 0 Å². The Labute approximate surface area is 49.0 Å². The van der Waals surface area contributed by atoms with Crippen LogP contribution < -0.4 is 5.84 Å². The monoisotopic (exact) mass is 129 g/mol. The molecule has 48 valence electrons. The number of carboxylic acid groups (broad SMARTS) is 1. The number of tetrazole rings is 1. The number of hydrogen-bond acceptors (Lipinski definition) is 5. The summed E-state index contributed by atoms with van der Waals surface area (Å²) in [6.45, 7) is 0. The second-order valence-corrected chi connectivity index (χ2v) is 1.25. The number of rotatable bonds is 1. The molecule has 1 aromatic heterocycles. The van der Waals surface area contributed by atoms with Crippen LogP contribution in [0.15, 0.2) is 0 Å². The summed E-state index contributed by atoms with van der Waals surface area (Å²) >= 11 is 0. The fourth-order valence-electron chi connectivity index (χ4n) is 0.334. The van der Waals surface area contributed by atoms with Crippen molar-refractivity contribution in [3.8, 4) is 0 Å². The van der Waals surface area contributed by atoms with Crippen LogP contribution in [0.1, 0.15) is 10.6 Å². The standard InChI is InChI=1S/C2H3N5O2/c3-7-1(2(8)9)4-5-6-7/h3H2,(H,8,9). The first-order valence-electron chi connectivity index (χ1n) is 1.98. The molecule has 0 spiro atoms. The van der Waals surface area contributed by atoms with Gasteiger partial charge in [-0.3, -0.25) is 0 Å². The van der Waals surface area contributed by atoms with Crippen molar-refractivity contribution in [2.75, 3.05) is 5.84 Å². The van der Waals surface area contributed by atoms with Gasteiger partial charge in [-0.2, -0.15) is 0 Å². The lowest BCUT2D eigenvalue weighted by molar-refractivity contribution is 0.0679. The molecule has 0 saturated heterocycles. The quantitative estimate of drug-likeness (QED) is 0.428. The van der Waals surface area contributed by atoms with Crippen LogP contribution in [0.5, 0.6) is 0 Å². The van der Waals surface area contributed by atoms with Crippen molar-refractivity contribution >= 4 is 5.97 Å². The number of carboxylic acids is 1. The molecule has 0 aliphatic rings. The number of nitrogens with two attached hydrogens (primary N) is 1. The zero-order valence-electron chi connectivity index (χ0n) is 4.22. The molecule has 0 fully saturated rings. The molecule has 0 saturated carbocycles. The van der Waals surface area contributed by atoms with E-state index in [1.54, 1.807) is 0 Å². The van der Waals surface area contributed by atoms with Gasteiger partial charge in [0.25, 0.3) is 5.82 Å². The zero-order valence-corrected chi connectivity index (χ0v) is 4.22. The first-order valence-corrected chi connectivity index (χ1v) is 1.98. The van der Waals surface area contributed by atoms with Gasteiger partial charge in [0.15, 0.2) is 0 Å². The van der Waals surface area contributed by atoms with Crippen LogP contribution in [0.25, 0.3) is 0 Å². The maximum absolute atomic E-state index is 10.0. The van der Waals surface area contributed by atoms with Crippen LogP contribution in [0.2, 0.25) is 0 Å². The molecule has 7 nitrogen and oxygen atoms in total. The van der Waals surface area contributed by atoms with Gasteiger partial charge in [0.1, 0.15) is 0 Å². The number of aromatic carboxylic acids is 1. The Morgan fingerprint density at radius 1 is 1.78 bits per heavy atom. The topological polar surface area (TPSA) is 107 Å². The predicted octanol–water partition coefficient (Wildman–Crippen LogP) is -1.91. The van der Waals surface area contributed by atoms with Crippen molar-refractivity contribution in [2.24, 2.45) is 0 Å². The second kappa shape index (κ2) is 1.69. The van der Waals surface area contributed by atoms with Crippen molar-refractivity contribution in [2.45, 2.75) is 0 Å². The zero-order chi connectivity index (χ0) is 6.85. The highest BCUT2D eigenvalue weighted by Gasteiger charge is 2.10. The van der Waals surface area contributed by atoms with Gasteiger partial charge in [0.05, 0.1) is 0 Å². The molecule has 0 unspecified atom stereocenters. The minimum absolute atomic E-state index is 0.380. The molecular weight excluding hydrogens is 126 g/mol. The number of hydrogen-bond donors (Lipinski definition) is 2. The summed E-state index contributed by atoms with van der Waals surface area (Å²) in [6, 6.07) is 0. The molecule has 7 heteroatoms. The van der Waals surface area contributed by atoms with Gasteiger partial charge in [-0.1, -0.05) is 5.10 Å². The third-order valence-electron chi connectivity index (χ3n) is 0.684. The van der Waals surface area contributed by atoms with Crippen LogP contribution >= 0.6 is 0 Å². The third-order valence-corrected chi connectivity index (χ3v) is 0.684. The highest BCUT2D eigenvalue weighted by Crippen LogP contribution is 1.82. The Balaban J connectivity index is 3.08. The van der Waals surface area contributed by atoms with Crippen molar-refractivity contribution < 1.29 is 9.90 Å². The predicted molar refractivity (Wildman–Crippen MR) is 24.9 cm³/mol. The van der Waals surface area contributed by atoms with Crippen molar-refractivity contribution in [3.05, 3.63) is 5.82 Å². The molecular formula is C2H3N5O2. The number of nitrogens with zero attached hydrogens (tertiary/aromatic N) is 4. The fourth-order valence-corrected chi connectivity index (χ4v) is 0.334. The highest BCUT2D eigenvalue weighted by molar-refractivity contribution is 5.82. The lowest BCUT2D eigenvalue weighted by atomic mass is 10.6. The summed E-state index contributed by atoms with van der Waals surface area (Å²) in [5.41, 5.74) is 0. The molecule has 0 aliphatic carbocycles. The number of nitrogen functional groups attached to an aromatic ring is 1. The maximum atomic E-state index is 10.0. The maximum Gasteiger partial charge on any atom is 0.377 e. The van der Waals surface area contributed by atoms with Crippen molar-refractivity contribution in [3.63, 3.8) is 0 Å². The molecule has 0 bridgehead atoms. The average Bonchev–Trinajstić information content (AvgIpc) is 2.13. The van der Waals surface area contributed by atoms with E-state index in [9.17, 15) is 4.79 Å². The summed E-state index contributed by atoms with van der Waals surface area (Å²) in [6.07, 6.45) is 0. The normalized spacial score (nSPS) is 9.33. The van der Waals surface area contributed by atoms with Gasteiger partial charge < -0.3 is 10.9 Å². The summed E-state index contributed by atoms with van der Waals surface area (Å²) in [5.74, 6) is 3.31. The van der Waals surface area contributed by atoms with E-state index in [0.29, 0.717) is 4.79 Å². The van der Waals surface area contributed by atoms with Gasteiger partial charge in [-0.25, -0.2) is 4.79 Å². The lowest BCUT2D eigenvalue weighted by Crippen LogP contribution is -2.18. The Morgan fingerprint density at radius 2 is 2.44 bits per heavy atom. The summed E-state index contributed by atoms with van der Waals surface area (Å²) in [4.78, 5) is 10.6. The lowest BCUT2D eigenvalue weighted by Gasteiger charge is -1.86. The van der Waals surface area contributed by atoms with E-state index in [0.717, 1.165) is 0 Å². The SMILES string of the molecule is Nn1nnnc1C(=O)O. The molecule has 0 atom stereocenters. The van der Waals surface area contributed by atoms with E-state index in [1.807, 2.05) is 0 Å². The third kappa shape index (κ3) is 0.784. The van der Waals surface area contributed by atoms with Gasteiger partial charge in [0.2, 0.25) is 0 Å². The smallest absolute Gasteiger partial charge is 0.377 e. The Kier molecular flexibility index (Phi) is 1.03. The van der Waals surface area contributed by atoms with Gasteiger partial charge in [-0.05, 0) is 10.4 Å². The van der Waals surface area contributed by atoms with Gasteiger partial charge in [-0.15, -0.1) is 4.79 Å². The second-order valence-electron chi connectivity index (χ2n) is 1.25. The van der Waals surface area contributed by atoms with Crippen molar-refractivity contribution in [1.82, 2.24) is 20.3 Å². The van der Waals surface area contributed by atoms with Crippen LogP contribution in [0, 0.1) is 0 Å². The van der Waals surface area contributed by atoms with E-state index in [4.69, 9.17) is 10.9 Å². The summed E-state index contributed by atoms with van der Waals surface area (Å²) in [7, 11) is 0. The first-order chi connectivity index (χ1) is 4.22. The number of aromatic nitrogens is 4. The van der Waals surface area contributed by atoms with Gasteiger partial charge in [0, 0.05) is 0 Å². The van der Waals surface area contributed by atoms with E-state index in [-0.39, 0.29) is 5.82 Å². The minimum Gasteiger partial charge on any atom is -0.475 e. The molecule has 0 aliphatic heterocycles. The molecule has 1 rings (SSSR count). The van der Waals surface area contributed by atoms with E-state index in [2.05, 4.69) is 15.5 Å². The van der Waals surface area contributed by atoms with E-state index < -0.39 is 5.97 Å². The highest BCUT2D eigenvalue weighted by atomic mass is 16.4. The van der Waals surface area contributed by atoms with E-state index >= 15 is 0 Å². The van der Waals surface area contributed by atoms with E-state index in [1.165, 1.54) is 0 Å². The van der Waals surface area contributed by atoms with Crippen LogP contribution in [-0.2, 0) is 0 Å². The first kappa shape index (κ1) is 5.48. The molecule has 0 aromatic carbocycles. The summed E-state index contributed by atoms with van der Waals surface area (Å²) < 4.78 is 0. The summed E-state index contributed by atoms with van der Waals surface area (Å²) in [5, 5.41) is 17.4. The molecule has 1 heterocycles. The Hall–Kier alpha value is -1.66. The molecule has 9 heavy (non-hydrogen) atoms.